The molecule has 18 N–H and O–H groups in total. The standard InChI is InChI=1S/C24H25N7O.C24H24N6O2.C21H19N7.2C20H20FN5O/c1-15-5-3-4-6-20(15)22-9-17-10-23(26-12-21(17)24(25)29-22)28-18-11-27-31(13-18)19-7-8-30(14-19)16(2)32;1-30-13-16(11-27-30)18-10-19(18)24(32)29-22-9-15-8-21(28-23(25)20(15)12-26-22)17-5-3-2-4-14(17)6-7-31;1-13-5-3-4-6-17(13)19-7-15-8-20(24-11-18(15)21(23)27-19)26-16-10-25-28(12-16)14(2)9-22;2*1-10-12(4-3-5-16(10)23-2)17-6-11-7-18(24-9-14(11)19(22)25-17)26-20(27)13-8-15(13)21/h3-6,9-13,19H,7-8,14H2,1-2H3,(H2,25,29)(H,26,28);2-5,8-9,11-13,18-19,31H,6-7,10H2,1H3,(H2,25,28)(H,26,29,32);3-8,10-12,14H,1-2H3,(H2,23,27)(H,24,26);2*3-7,9,13,15,23H,8H2,1-2H3,(H2,22,25)(H,24,26,27)/t19-;18-,19+;;2*13-,15+/m01.10/s1. The predicted octanol–water partition coefficient (Wildman–Crippen LogP) is 18.1. The molecular weight excluding hydrogens is 1850 g/mol. The van der Waals surface area contributed by atoms with Gasteiger partial charge in [-0.15, -0.1) is 0 Å². The molecule has 4 fully saturated rings. The van der Waals surface area contributed by atoms with Crippen LogP contribution < -0.4 is 65.9 Å². The van der Waals surface area contributed by atoms with Gasteiger partial charge in [0.1, 0.15) is 76.6 Å². The van der Waals surface area contributed by atoms with E-state index < -0.39 is 24.2 Å². The molecule has 3 aliphatic carbocycles. The van der Waals surface area contributed by atoms with Crippen molar-refractivity contribution in [2.75, 3.05) is 99.7 Å². The number of nitrogens with two attached hydrogens (primary N) is 5. The number of anilines is 14. The summed E-state index contributed by atoms with van der Waals surface area (Å²) < 4.78 is 31.4. The maximum atomic E-state index is 13.1. The van der Waals surface area contributed by atoms with Crippen LogP contribution in [0.3, 0.4) is 0 Å². The molecule has 1 aliphatic heterocycles. The minimum absolute atomic E-state index is 0.0405. The van der Waals surface area contributed by atoms with Crippen LogP contribution in [0.15, 0.2) is 238 Å². The van der Waals surface area contributed by atoms with Gasteiger partial charge < -0.3 is 75.9 Å². The van der Waals surface area contributed by atoms with Crippen LogP contribution >= 0.6 is 0 Å². The molecule has 1 unspecified atom stereocenters. The van der Waals surface area contributed by atoms with E-state index in [1.165, 1.54) is 0 Å². The van der Waals surface area contributed by atoms with E-state index in [0.29, 0.717) is 81.9 Å². The van der Waals surface area contributed by atoms with Crippen molar-refractivity contribution in [2.24, 2.45) is 24.8 Å². The highest BCUT2D eigenvalue weighted by atomic mass is 19.1. The number of fused-ring (bicyclic) bond motifs is 5. The molecule has 4 aliphatic rings. The van der Waals surface area contributed by atoms with Crippen LogP contribution in [0, 0.1) is 56.8 Å². The lowest BCUT2D eigenvalue weighted by atomic mass is 10.0. The number of hydrogen-bond acceptors (Lipinski definition) is 28. The molecule has 14 heterocycles. The predicted molar refractivity (Wildman–Crippen MR) is 569 cm³/mol. The van der Waals surface area contributed by atoms with E-state index in [0.717, 1.165) is 175 Å². The Balaban J connectivity index is 0.000000120. The van der Waals surface area contributed by atoms with Gasteiger partial charge in [-0.3, -0.25) is 33.2 Å². The lowest BCUT2D eigenvalue weighted by Gasteiger charge is -2.14. The number of nitrogen functional groups attached to an aromatic ring is 5. The van der Waals surface area contributed by atoms with Crippen LogP contribution in [0.1, 0.15) is 90.9 Å². The van der Waals surface area contributed by atoms with Gasteiger partial charge in [-0.2, -0.15) is 20.6 Å². The highest BCUT2D eigenvalue weighted by Gasteiger charge is 2.46. The highest BCUT2D eigenvalue weighted by Crippen LogP contribution is 2.49. The first kappa shape index (κ1) is 98.1. The zero-order chi connectivity index (χ0) is 102. The maximum absolute atomic E-state index is 13.1. The van der Waals surface area contributed by atoms with E-state index >= 15 is 0 Å². The number of hydrogen-bond donors (Lipinski definition) is 13. The first-order chi connectivity index (χ1) is 70.5. The molecule has 18 aromatic rings. The molecule has 3 saturated carbocycles. The number of carbonyl (C=O) groups excluding carboxylic acids is 4. The summed E-state index contributed by atoms with van der Waals surface area (Å²) in [6.45, 7) is 13.1. The Labute approximate surface area is 838 Å². The fourth-order valence-corrected chi connectivity index (χ4v) is 17.9. The summed E-state index contributed by atoms with van der Waals surface area (Å²) in [5.41, 5.74) is 49.9. The average Bonchev–Trinajstić information content (AvgIpc) is 1.57. The lowest BCUT2D eigenvalue weighted by Crippen LogP contribution is -2.26. The maximum Gasteiger partial charge on any atom is 0.231 e. The number of aromatic nitrogens is 16. The number of alkyl halides is 2. The van der Waals surface area contributed by atoms with Gasteiger partial charge in [-0.1, -0.05) is 97.1 Å². The molecular formula is C109H108F2N30O5. The van der Waals surface area contributed by atoms with Crippen LogP contribution in [0.5, 0.6) is 0 Å². The number of nitrogens with zero attached hydrogens (tertiary/aromatic N) is 18. The molecule has 0 spiro atoms. The third-order valence-electron chi connectivity index (χ3n) is 26.4. The molecule has 37 heteroatoms. The molecule has 13 aromatic heterocycles. The van der Waals surface area contributed by atoms with Crippen LogP contribution in [0.2, 0.25) is 0 Å². The van der Waals surface area contributed by atoms with Crippen molar-refractivity contribution in [3.8, 4) is 62.4 Å². The molecule has 146 heavy (non-hydrogen) atoms. The van der Waals surface area contributed by atoms with Crippen molar-refractivity contribution in [3.05, 3.63) is 271 Å². The summed E-state index contributed by atoms with van der Waals surface area (Å²) in [7, 11) is 5.62. The number of nitriles is 1. The van der Waals surface area contributed by atoms with Gasteiger partial charge in [0.25, 0.3) is 0 Å². The summed E-state index contributed by atoms with van der Waals surface area (Å²) in [5, 5.41) is 60.6. The van der Waals surface area contributed by atoms with Crippen LogP contribution in [-0.4, -0.2) is 159 Å². The normalized spacial score (nSPS) is 16.4. The second-order valence-corrected chi connectivity index (χ2v) is 36.6. The summed E-state index contributed by atoms with van der Waals surface area (Å²) >= 11 is 0. The summed E-state index contributed by atoms with van der Waals surface area (Å²) in [4.78, 5) is 94.5. The number of amides is 4. The van der Waals surface area contributed by atoms with Crippen molar-refractivity contribution in [1.82, 2.24) is 84.1 Å². The van der Waals surface area contributed by atoms with E-state index in [-0.39, 0.29) is 67.0 Å². The van der Waals surface area contributed by atoms with E-state index in [4.69, 9.17) is 33.9 Å². The summed E-state index contributed by atoms with van der Waals surface area (Å²) in [6.07, 6.45) is 19.9. The van der Waals surface area contributed by atoms with Gasteiger partial charge in [0.15, 0.2) is 0 Å². The van der Waals surface area contributed by atoms with Crippen molar-refractivity contribution >= 4 is 158 Å². The molecule has 1 saturated heterocycles. The summed E-state index contributed by atoms with van der Waals surface area (Å²) in [6, 6.07) is 56.9. The smallest absolute Gasteiger partial charge is 0.231 e. The number of aryl methyl sites for hydroxylation is 3. The highest BCUT2D eigenvalue weighted by molar-refractivity contribution is 6.03. The SMILES string of the molecule is CC(=O)N1CC[C@H](n2cc(Nc3cc4cc(-c5ccccc5C)nc(N)c4cn3)cn2)C1.CNc1cccc(-c2cc3cc(NC(=O)[C@@H]4C[C@@H]4F)ncc3c(N)n2)c1C.CNc1cccc(-c2cc3cc(NC(=O)[C@H]4C[C@H]4F)ncc3c(N)n2)c1C.Cc1ccccc1-c1cc2cc(Nc3cnn(C(C)C#N)c3)ncc2c(N)n1.Cn1cc([C@H]2C[C@@H]2C(=O)Nc2cc3cc(-c4ccccc4CCO)nc(N)c3cn2)cn1. The largest absolute Gasteiger partial charge is 0.396 e. The number of pyridine rings is 10. The number of aliphatic hydroxyl groups is 1. The van der Waals surface area contributed by atoms with Gasteiger partial charge in [0.2, 0.25) is 23.6 Å². The molecule has 738 valence electrons. The Morgan fingerprint density at radius 2 is 0.849 bits per heavy atom. The molecule has 35 nitrogen and oxygen atoms in total. The molecule has 0 radical (unpaired) electrons. The van der Waals surface area contributed by atoms with Crippen LogP contribution in [0.4, 0.5) is 89.7 Å². The number of halogens is 2. The van der Waals surface area contributed by atoms with Crippen molar-refractivity contribution < 1.29 is 33.1 Å². The van der Waals surface area contributed by atoms with Gasteiger partial charge in [0.05, 0.1) is 82.4 Å². The quantitative estimate of drug-likeness (QED) is 0.0300. The van der Waals surface area contributed by atoms with Crippen molar-refractivity contribution in [2.45, 2.75) is 104 Å². The van der Waals surface area contributed by atoms with E-state index in [1.54, 1.807) is 84.9 Å². The first-order valence-corrected chi connectivity index (χ1v) is 47.7. The number of likely N-dealkylation sites (tertiary alicyclic amines) is 1. The Bertz CT molecular complexity index is 7940. The average molecular weight is 1960 g/mol. The number of aliphatic hydroxyl groups excluding tert-OH is 1. The Hall–Kier alpha value is -18.1. The third kappa shape index (κ3) is 22.0. The van der Waals surface area contributed by atoms with E-state index in [2.05, 4.69) is 134 Å². The van der Waals surface area contributed by atoms with Crippen molar-refractivity contribution in [3.63, 3.8) is 0 Å². The first-order valence-electron chi connectivity index (χ1n) is 47.7. The second-order valence-electron chi connectivity index (χ2n) is 36.6. The van der Waals surface area contributed by atoms with Gasteiger partial charge in [0, 0.05) is 169 Å². The zero-order valence-electron chi connectivity index (χ0n) is 81.6. The Morgan fingerprint density at radius 1 is 0.466 bits per heavy atom. The number of nitrogens with one attached hydrogen (secondary N) is 7. The molecule has 8 atom stereocenters. The Morgan fingerprint density at radius 3 is 1.25 bits per heavy atom. The van der Waals surface area contributed by atoms with Gasteiger partial charge in [-0.25, -0.2) is 58.6 Å². The zero-order valence-corrected chi connectivity index (χ0v) is 81.6. The van der Waals surface area contributed by atoms with Gasteiger partial charge >= 0.3 is 0 Å². The fourth-order valence-electron chi connectivity index (χ4n) is 17.9. The number of benzene rings is 5. The molecule has 5 aromatic carbocycles. The van der Waals surface area contributed by atoms with E-state index in [9.17, 15) is 33.1 Å². The minimum Gasteiger partial charge on any atom is -0.396 e. The molecule has 4 amide bonds. The van der Waals surface area contributed by atoms with E-state index in [1.807, 2.05) is 209 Å². The van der Waals surface area contributed by atoms with Crippen LogP contribution in [0.25, 0.3) is 110 Å². The fraction of sp³-hybridized carbons (Fsp3) is 0.229. The minimum atomic E-state index is -1.04. The number of rotatable bonds is 22. The van der Waals surface area contributed by atoms with Crippen LogP contribution in [-0.2, 0) is 32.6 Å². The number of carbonyl (C=O) groups is 4. The third-order valence-corrected chi connectivity index (χ3v) is 26.4. The lowest BCUT2D eigenvalue weighted by molar-refractivity contribution is -0.128. The summed E-state index contributed by atoms with van der Waals surface area (Å²) in [5.74, 6) is 3.04. The van der Waals surface area contributed by atoms with Crippen molar-refractivity contribution in [1.29, 1.82) is 5.26 Å². The topological polar surface area (TPSA) is 512 Å². The Kier molecular flexibility index (Phi) is 28.5. The monoisotopic (exact) mass is 1950 g/mol. The second kappa shape index (κ2) is 42.4. The molecule has 22 rings (SSSR count). The molecule has 0 bridgehead atoms. The van der Waals surface area contributed by atoms with Gasteiger partial charge in [-0.05, 0) is 206 Å².